The lowest BCUT2D eigenvalue weighted by Gasteiger charge is -2.39. The van der Waals surface area contributed by atoms with Crippen LogP contribution < -0.4 is 11.2 Å². The molecule has 0 spiro atoms. The van der Waals surface area contributed by atoms with Crippen LogP contribution >= 0.6 is 0 Å². The molecule has 7 atom stereocenters. The van der Waals surface area contributed by atoms with Gasteiger partial charge in [0.05, 0.1) is 89.5 Å². The molecule has 0 aliphatic carbocycles. The summed E-state index contributed by atoms with van der Waals surface area (Å²) in [7, 11) is 6.70. The molecule has 7 unspecified atom stereocenters. The maximum atomic E-state index is 13.8. The van der Waals surface area contributed by atoms with Gasteiger partial charge < -0.3 is 43.6 Å². The fraction of sp³-hybridized carbons (Fsp3) is 0.897. The predicted octanol–water partition coefficient (Wildman–Crippen LogP) is 2.92. The number of carbonyl (C=O) groups is 4. The van der Waals surface area contributed by atoms with E-state index in [2.05, 4.69) is 24.0 Å². The molecule has 318 valence electrons. The summed E-state index contributed by atoms with van der Waals surface area (Å²) in [6.07, 6.45) is 2.69. The third kappa shape index (κ3) is 18.6. The summed E-state index contributed by atoms with van der Waals surface area (Å²) in [6.45, 7) is 19.4. The zero-order valence-corrected chi connectivity index (χ0v) is 35.7. The number of carbonyl (C=O) groups excluding carboxylic acids is 4. The van der Waals surface area contributed by atoms with Crippen molar-refractivity contribution in [1.29, 1.82) is 0 Å². The molecule has 0 bridgehead atoms. The minimum atomic E-state index is -0.575. The lowest BCUT2D eigenvalue weighted by atomic mass is 9.90. The van der Waals surface area contributed by atoms with E-state index in [1.807, 2.05) is 51.5 Å². The average Bonchev–Trinajstić information content (AvgIpc) is 3.62. The number of hydrogen-bond donors (Lipinski definition) is 2. The first-order chi connectivity index (χ1) is 25.7. The highest BCUT2D eigenvalue weighted by atomic mass is 16.6. The van der Waals surface area contributed by atoms with Gasteiger partial charge in [-0.2, -0.15) is 0 Å². The molecule has 54 heavy (non-hydrogen) atoms. The van der Waals surface area contributed by atoms with Crippen molar-refractivity contribution in [2.75, 3.05) is 94.2 Å². The Labute approximate surface area is 326 Å². The number of nitrogens with zero attached hydrogens (tertiary/aromatic N) is 3. The van der Waals surface area contributed by atoms with Crippen molar-refractivity contribution in [2.24, 2.45) is 23.7 Å². The van der Waals surface area contributed by atoms with Crippen molar-refractivity contribution in [3.05, 3.63) is 0 Å². The van der Waals surface area contributed by atoms with E-state index in [-0.39, 0.29) is 60.3 Å². The lowest BCUT2D eigenvalue weighted by Crippen LogP contribution is -2.55. The van der Waals surface area contributed by atoms with Gasteiger partial charge in [0.15, 0.2) is 0 Å². The van der Waals surface area contributed by atoms with Crippen LogP contribution in [0, 0.1) is 17.8 Å². The largest absolute Gasteiger partial charge is 0.379 e. The summed E-state index contributed by atoms with van der Waals surface area (Å²) in [6, 6.07) is -1.09. The number of Topliss-reactive ketones (excluding diaryl/α,β-unsaturated/α-hetero) is 1. The Kier molecular flexibility index (Phi) is 28.7. The molecule has 1 aliphatic heterocycles. The van der Waals surface area contributed by atoms with Gasteiger partial charge in [-0.15, -0.1) is 0 Å². The van der Waals surface area contributed by atoms with Crippen molar-refractivity contribution >= 4 is 23.5 Å². The number of rotatable bonds is 28. The van der Waals surface area contributed by atoms with Gasteiger partial charge >= 0.3 is 0 Å². The molecule has 1 fully saturated rings. The molecule has 0 aromatic carbocycles. The lowest BCUT2D eigenvalue weighted by molar-refractivity contribution is -0.145. The van der Waals surface area contributed by atoms with Gasteiger partial charge in [0.25, 0.3) is 0 Å². The van der Waals surface area contributed by atoms with Crippen LogP contribution in [0.3, 0.4) is 0 Å². The van der Waals surface area contributed by atoms with Crippen LogP contribution in [0.15, 0.2) is 0 Å². The van der Waals surface area contributed by atoms with E-state index in [0.717, 1.165) is 19.3 Å². The summed E-state index contributed by atoms with van der Waals surface area (Å²) in [5.41, 5.74) is 0. The molecule has 0 aromatic rings. The number of ketones is 1. The maximum absolute atomic E-state index is 13.8. The molecule has 15 heteroatoms. The van der Waals surface area contributed by atoms with E-state index in [4.69, 9.17) is 29.6 Å². The first-order valence-corrected chi connectivity index (χ1v) is 19.8. The van der Waals surface area contributed by atoms with Gasteiger partial charge in [0.1, 0.15) is 5.78 Å². The smallest absolute Gasteiger partial charge is 0.242 e. The molecule has 1 heterocycles. The molecule has 0 aromatic heterocycles. The zero-order chi connectivity index (χ0) is 41.2. The second kappa shape index (κ2) is 30.0. The number of methoxy groups -OCH3 is 2. The second-order valence-electron chi connectivity index (χ2n) is 14.6. The fourth-order valence-electron chi connectivity index (χ4n) is 6.81. The minimum Gasteiger partial charge on any atom is -0.379 e. The van der Waals surface area contributed by atoms with Gasteiger partial charge in [-0.25, -0.2) is 5.90 Å². The van der Waals surface area contributed by atoms with Crippen molar-refractivity contribution in [3.8, 4) is 0 Å². The number of likely N-dealkylation sites (N-methyl/N-ethyl adjacent to an activating group) is 2. The summed E-state index contributed by atoms with van der Waals surface area (Å²) < 4.78 is 28.1. The summed E-state index contributed by atoms with van der Waals surface area (Å²) >= 11 is 0. The number of hydrogen-bond acceptors (Lipinski definition) is 12. The molecular weight excluding hydrogens is 698 g/mol. The molecule has 0 saturated carbocycles. The minimum absolute atomic E-state index is 0.0101. The van der Waals surface area contributed by atoms with Gasteiger partial charge in [-0.1, -0.05) is 61.3 Å². The fourth-order valence-corrected chi connectivity index (χ4v) is 6.81. The van der Waals surface area contributed by atoms with Crippen LogP contribution in [-0.4, -0.2) is 163 Å². The van der Waals surface area contributed by atoms with Crippen LogP contribution in [0.25, 0.3) is 0 Å². The summed E-state index contributed by atoms with van der Waals surface area (Å²) in [4.78, 5) is 62.7. The van der Waals surface area contributed by atoms with Gasteiger partial charge in [-0.3, -0.25) is 24.1 Å². The Hall–Kier alpha value is -2.24. The van der Waals surface area contributed by atoms with Crippen molar-refractivity contribution in [2.45, 2.75) is 118 Å². The van der Waals surface area contributed by atoms with E-state index in [1.165, 1.54) is 6.42 Å². The second-order valence-corrected chi connectivity index (χ2v) is 14.6. The highest BCUT2D eigenvalue weighted by Crippen LogP contribution is 2.29. The first kappa shape index (κ1) is 51.8. The molecule has 1 aliphatic rings. The third-order valence-electron chi connectivity index (χ3n) is 10.00. The Bertz CT molecular complexity index is 1040. The quantitative estimate of drug-likeness (QED) is 0.0882. The van der Waals surface area contributed by atoms with E-state index in [1.54, 1.807) is 33.1 Å². The number of nitrogens with two attached hydrogens (primary N) is 1. The molecule has 1 rings (SSSR count). The molecule has 0 radical (unpaired) electrons. The van der Waals surface area contributed by atoms with Crippen molar-refractivity contribution < 1.29 is 47.7 Å². The van der Waals surface area contributed by atoms with Crippen LogP contribution in [0.5, 0.6) is 0 Å². The Morgan fingerprint density at radius 2 is 1.43 bits per heavy atom. The highest BCUT2D eigenvalue weighted by molar-refractivity contribution is 5.87. The Morgan fingerprint density at radius 1 is 0.870 bits per heavy atom. The third-order valence-corrected chi connectivity index (χ3v) is 10.00. The van der Waals surface area contributed by atoms with Gasteiger partial charge in [0, 0.05) is 40.3 Å². The highest BCUT2D eigenvalue weighted by Gasteiger charge is 2.41. The topological polar surface area (TPSA) is 171 Å². The van der Waals surface area contributed by atoms with Gasteiger partial charge in [0.2, 0.25) is 17.7 Å². The Balaban J connectivity index is 0.00000903. The standard InChI is InChI=1S/C36H69N5O10.C3H8/c1-11-26(4)34(30(46-9)23-31(43)41-14-12-13-29(41)35(47-10)27(5)28(6)42)40(8)32(44)24-38-36(45)33(25(2)3)39(7)15-16-48-17-18-49-19-20-50-21-22-51-37;1-3-2/h25-27,29-30,33-35H,11-24,37H2,1-10H3,(H,38,45);3H2,1-2H3. The Morgan fingerprint density at radius 3 is 1.91 bits per heavy atom. The zero-order valence-electron chi connectivity index (χ0n) is 35.7. The van der Waals surface area contributed by atoms with E-state index in [0.29, 0.717) is 59.3 Å². The first-order valence-electron chi connectivity index (χ1n) is 19.8. The molecule has 3 N–H and O–H groups in total. The number of likely N-dealkylation sites (tertiary alicyclic amines) is 1. The van der Waals surface area contributed by atoms with Crippen LogP contribution in [0.1, 0.15) is 87.5 Å². The number of nitrogens with one attached hydrogen (secondary N) is 1. The van der Waals surface area contributed by atoms with Crippen LogP contribution in [0.4, 0.5) is 0 Å². The van der Waals surface area contributed by atoms with Crippen molar-refractivity contribution in [1.82, 2.24) is 20.0 Å². The van der Waals surface area contributed by atoms with E-state index >= 15 is 0 Å². The maximum Gasteiger partial charge on any atom is 0.242 e. The van der Waals surface area contributed by atoms with Crippen LogP contribution in [0.2, 0.25) is 0 Å². The summed E-state index contributed by atoms with van der Waals surface area (Å²) in [5, 5.41) is 2.85. The number of ether oxygens (including phenoxy) is 5. The molecular formula is C39H77N5O10. The summed E-state index contributed by atoms with van der Waals surface area (Å²) in [5.74, 6) is 4.00. The van der Waals surface area contributed by atoms with Crippen molar-refractivity contribution in [3.63, 3.8) is 0 Å². The van der Waals surface area contributed by atoms with Crippen LogP contribution in [-0.2, 0) is 47.7 Å². The molecule has 3 amide bonds. The molecule has 15 nitrogen and oxygen atoms in total. The number of amides is 3. The predicted molar refractivity (Wildman–Crippen MR) is 210 cm³/mol. The normalized spacial score (nSPS) is 17.7. The SMILES string of the molecule is CCC.CCC(C)C(C(CC(=O)N1CCCC1C(OC)C(C)C(C)=O)OC)N(C)C(=O)CNC(=O)C(C(C)C)N(C)CCOCCOCCOCCON. The average molecular weight is 776 g/mol. The molecule has 1 saturated heterocycles. The monoisotopic (exact) mass is 776 g/mol. The van der Waals surface area contributed by atoms with Gasteiger partial charge in [-0.05, 0) is 38.6 Å². The van der Waals surface area contributed by atoms with E-state index in [9.17, 15) is 19.2 Å². The van der Waals surface area contributed by atoms with E-state index < -0.39 is 24.3 Å².